The van der Waals surface area contributed by atoms with Crippen LogP contribution in [-0.4, -0.2) is 11.2 Å². The van der Waals surface area contributed by atoms with E-state index in [4.69, 9.17) is 0 Å². The lowest BCUT2D eigenvalue weighted by atomic mass is 10.0. The fraction of sp³-hybridized carbons (Fsp3) is 0.200. The molecule has 0 aromatic heterocycles. The van der Waals surface area contributed by atoms with Gasteiger partial charge in [0.15, 0.2) is 0 Å². The van der Waals surface area contributed by atoms with Crippen LogP contribution in [0, 0.1) is 23.3 Å². The number of hydrogen-bond donors (Lipinski definition) is 1. The Kier molecular flexibility index (Phi) is 4.39. The molecule has 0 radical (unpaired) electrons. The van der Waals surface area contributed by atoms with Crippen LogP contribution in [0.25, 0.3) is 0 Å². The molecule has 1 nitrogen and oxygen atoms in total. The summed E-state index contributed by atoms with van der Waals surface area (Å²) in [5, 5.41) is 9.83. The Labute approximate surface area is 113 Å². The van der Waals surface area contributed by atoms with Crippen molar-refractivity contribution in [3.8, 4) is 0 Å². The van der Waals surface area contributed by atoms with Gasteiger partial charge in [-0.2, -0.15) is 0 Å². The van der Waals surface area contributed by atoms with Crippen molar-refractivity contribution in [2.24, 2.45) is 0 Å². The van der Waals surface area contributed by atoms with Gasteiger partial charge in [-0.25, -0.2) is 17.6 Å². The molecule has 0 heterocycles. The van der Waals surface area contributed by atoms with Crippen molar-refractivity contribution in [1.82, 2.24) is 0 Å². The monoisotopic (exact) mass is 284 g/mol. The van der Waals surface area contributed by atoms with Crippen molar-refractivity contribution >= 4 is 0 Å². The summed E-state index contributed by atoms with van der Waals surface area (Å²) in [4.78, 5) is 0. The maximum absolute atomic E-state index is 13.4. The van der Waals surface area contributed by atoms with Gasteiger partial charge < -0.3 is 5.11 Å². The van der Waals surface area contributed by atoms with Crippen molar-refractivity contribution in [3.05, 3.63) is 70.8 Å². The Morgan fingerprint density at radius 3 is 2.05 bits per heavy atom. The summed E-state index contributed by atoms with van der Waals surface area (Å²) in [6.07, 6.45) is -1.11. The van der Waals surface area contributed by atoms with E-state index in [1.807, 2.05) is 0 Å². The molecule has 106 valence electrons. The van der Waals surface area contributed by atoms with E-state index in [1.54, 1.807) is 0 Å². The Balaban J connectivity index is 2.06. The second-order valence-electron chi connectivity index (χ2n) is 4.58. The molecule has 0 aliphatic carbocycles. The Hall–Kier alpha value is -1.88. The second-order valence-corrected chi connectivity index (χ2v) is 4.58. The Morgan fingerprint density at radius 2 is 1.45 bits per heavy atom. The highest BCUT2D eigenvalue weighted by atomic mass is 19.1. The number of aliphatic hydroxyl groups is 1. The zero-order valence-electron chi connectivity index (χ0n) is 10.4. The average molecular weight is 284 g/mol. The first kappa shape index (κ1) is 14.5. The largest absolute Gasteiger partial charge is 0.392 e. The minimum Gasteiger partial charge on any atom is -0.392 e. The van der Waals surface area contributed by atoms with Crippen LogP contribution in [-0.2, 0) is 12.8 Å². The van der Waals surface area contributed by atoms with E-state index in [0.717, 1.165) is 30.3 Å². The molecule has 2 aromatic rings. The summed E-state index contributed by atoms with van der Waals surface area (Å²) >= 11 is 0. The third-order valence-electron chi connectivity index (χ3n) is 2.86. The van der Waals surface area contributed by atoms with Gasteiger partial charge in [0.05, 0.1) is 6.10 Å². The van der Waals surface area contributed by atoms with Crippen molar-refractivity contribution < 1.29 is 22.7 Å². The predicted octanol–water partition coefficient (Wildman–Crippen LogP) is 3.39. The molecule has 0 aliphatic rings. The van der Waals surface area contributed by atoms with E-state index < -0.39 is 29.4 Å². The normalized spacial score (nSPS) is 12.4. The summed E-state index contributed by atoms with van der Waals surface area (Å²) < 4.78 is 52.1. The van der Waals surface area contributed by atoms with Crippen molar-refractivity contribution in [2.45, 2.75) is 18.9 Å². The van der Waals surface area contributed by atoms with Gasteiger partial charge in [-0.05, 0) is 35.7 Å². The van der Waals surface area contributed by atoms with Gasteiger partial charge in [-0.3, -0.25) is 0 Å². The first-order valence-electron chi connectivity index (χ1n) is 6.01. The maximum atomic E-state index is 13.4. The van der Waals surface area contributed by atoms with Gasteiger partial charge >= 0.3 is 0 Å². The molecule has 1 N–H and O–H groups in total. The van der Waals surface area contributed by atoms with Crippen molar-refractivity contribution in [3.63, 3.8) is 0 Å². The first-order valence-corrected chi connectivity index (χ1v) is 6.01. The summed E-state index contributed by atoms with van der Waals surface area (Å²) in [7, 11) is 0. The Morgan fingerprint density at radius 1 is 0.800 bits per heavy atom. The van der Waals surface area contributed by atoms with Crippen LogP contribution in [0.3, 0.4) is 0 Å². The second kappa shape index (κ2) is 6.05. The highest BCUT2D eigenvalue weighted by molar-refractivity contribution is 5.22. The van der Waals surface area contributed by atoms with Gasteiger partial charge in [0.25, 0.3) is 0 Å². The molecule has 0 saturated carbocycles. The van der Waals surface area contributed by atoms with Gasteiger partial charge in [0, 0.05) is 18.6 Å². The lowest BCUT2D eigenvalue weighted by molar-refractivity contribution is 0.174. The van der Waals surface area contributed by atoms with E-state index in [9.17, 15) is 22.7 Å². The van der Waals surface area contributed by atoms with Gasteiger partial charge in [-0.15, -0.1) is 0 Å². The van der Waals surface area contributed by atoms with E-state index in [1.165, 1.54) is 6.07 Å². The summed E-state index contributed by atoms with van der Waals surface area (Å²) in [6, 6.07) is 5.99. The summed E-state index contributed by atoms with van der Waals surface area (Å²) in [5.41, 5.74) is 0.424. The van der Waals surface area contributed by atoms with E-state index in [-0.39, 0.29) is 24.0 Å². The molecule has 0 fully saturated rings. The summed E-state index contributed by atoms with van der Waals surface area (Å²) in [5.74, 6) is -2.93. The fourth-order valence-electron chi connectivity index (χ4n) is 2.01. The van der Waals surface area contributed by atoms with Crippen molar-refractivity contribution in [1.29, 1.82) is 0 Å². The molecule has 1 unspecified atom stereocenters. The van der Waals surface area contributed by atoms with E-state index in [2.05, 4.69) is 0 Å². The zero-order chi connectivity index (χ0) is 14.7. The molecule has 0 bridgehead atoms. The van der Waals surface area contributed by atoms with Gasteiger partial charge in [0.2, 0.25) is 0 Å². The van der Waals surface area contributed by atoms with E-state index >= 15 is 0 Å². The smallest absolute Gasteiger partial charge is 0.129 e. The molecular weight excluding hydrogens is 272 g/mol. The molecule has 1 atom stereocenters. The van der Waals surface area contributed by atoms with Crippen LogP contribution in [0.2, 0.25) is 0 Å². The fourth-order valence-corrected chi connectivity index (χ4v) is 2.01. The molecule has 2 aromatic carbocycles. The molecule has 20 heavy (non-hydrogen) atoms. The topological polar surface area (TPSA) is 20.2 Å². The third kappa shape index (κ3) is 3.81. The SMILES string of the molecule is OC(Cc1cc(F)cc(F)c1)Cc1ccc(F)cc1F. The standard InChI is InChI=1S/C15H12F4O/c16-11-2-1-10(15(19)8-11)6-14(20)5-9-3-12(17)7-13(18)4-9/h1-4,7-8,14,20H,5-6H2. The lowest BCUT2D eigenvalue weighted by Gasteiger charge is -2.11. The quantitative estimate of drug-likeness (QED) is 0.853. The third-order valence-corrected chi connectivity index (χ3v) is 2.86. The number of rotatable bonds is 4. The molecule has 0 aliphatic heterocycles. The van der Waals surface area contributed by atoms with Crippen LogP contribution in [0.15, 0.2) is 36.4 Å². The molecule has 0 amide bonds. The van der Waals surface area contributed by atoms with Gasteiger partial charge in [0.1, 0.15) is 23.3 Å². The van der Waals surface area contributed by atoms with Gasteiger partial charge in [-0.1, -0.05) is 6.07 Å². The minimum absolute atomic E-state index is 0.0223. The average Bonchev–Trinajstić information content (AvgIpc) is 2.31. The molecule has 5 heteroatoms. The molecule has 0 spiro atoms. The number of benzene rings is 2. The zero-order valence-corrected chi connectivity index (χ0v) is 10.4. The summed E-state index contributed by atoms with van der Waals surface area (Å²) in [6.45, 7) is 0. The predicted molar refractivity (Wildman–Crippen MR) is 66.1 cm³/mol. The van der Waals surface area contributed by atoms with Crippen LogP contribution in [0.5, 0.6) is 0 Å². The number of halogens is 4. The highest BCUT2D eigenvalue weighted by Gasteiger charge is 2.12. The van der Waals surface area contributed by atoms with Crippen LogP contribution < -0.4 is 0 Å². The van der Waals surface area contributed by atoms with Crippen molar-refractivity contribution in [2.75, 3.05) is 0 Å². The van der Waals surface area contributed by atoms with E-state index in [0.29, 0.717) is 0 Å². The minimum atomic E-state index is -1.02. The Bertz CT molecular complexity index is 593. The van der Waals surface area contributed by atoms with Crippen LogP contribution in [0.4, 0.5) is 17.6 Å². The maximum Gasteiger partial charge on any atom is 0.129 e. The molecular formula is C15H12F4O. The molecule has 0 saturated heterocycles. The lowest BCUT2D eigenvalue weighted by Crippen LogP contribution is -2.15. The highest BCUT2D eigenvalue weighted by Crippen LogP contribution is 2.15. The van der Waals surface area contributed by atoms with Crippen LogP contribution >= 0.6 is 0 Å². The first-order chi connectivity index (χ1) is 9.44. The number of hydrogen-bond acceptors (Lipinski definition) is 1. The molecule has 2 rings (SSSR count). The number of aliphatic hydroxyl groups excluding tert-OH is 1. The van der Waals surface area contributed by atoms with Crippen LogP contribution in [0.1, 0.15) is 11.1 Å².